The van der Waals surface area contributed by atoms with E-state index in [1.165, 1.54) is 35.1 Å². The number of benzene rings is 2. The zero-order valence-corrected chi connectivity index (χ0v) is 19.5. The lowest BCUT2D eigenvalue weighted by Gasteiger charge is -2.19. The van der Waals surface area contributed by atoms with Crippen molar-refractivity contribution in [2.75, 3.05) is 17.2 Å². The van der Waals surface area contributed by atoms with Gasteiger partial charge in [0.1, 0.15) is 17.2 Å². The Labute approximate surface area is 215 Å². The van der Waals surface area contributed by atoms with Gasteiger partial charge in [-0.05, 0) is 29.8 Å². The lowest BCUT2D eigenvalue weighted by Crippen LogP contribution is -2.24. The molecule has 0 saturated heterocycles. The van der Waals surface area contributed by atoms with Crippen molar-refractivity contribution < 1.29 is 21.0 Å². The van der Waals surface area contributed by atoms with E-state index in [0.717, 1.165) is 18.5 Å². The maximum atomic E-state index is 15.7. The van der Waals surface area contributed by atoms with Crippen LogP contribution in [0.3, 0.4) is 0 Å². The summed E-state index contributed by atoms with van der Waals surface area (Å²) in [6, 6.07) is 6.37. The van der Waals surface area contributed by atoms with Gasteiger partial charge in [-0.3, -0.25) is 9.48 Å². The van der Waals surface area contributed by atoms with E-state index in [0.29, 0.717) is 13.1 Å². The maximum Gasteiger partial charge on any atom is 0.274 e. The molecule has 0 fully saturated rings. The van der Waals surface area contributed by atoms with E-state index in [-0.39, 0.29) is 50.9 Å². The number of allylic oxidation sites excluding steroid dienone is 2. The third-order valence-electron chi connectivity index (χ3n) is 6.09. The fraction of sp³-hybridized carbons (Fsp3) is 0.160. The van der Waals surface area contributed by atoms with E-state index in [4.69, 9.17) is 7.16 Å². The molecule has 1 atom stereocenters. The van der Waals surface area contributed by atoms with Crippen molar-refractivity contribution >= 4 is 28.4 Å². The highest BCUT2D eigenvalue weighted by atomic mass is 19.1. The van der Waals surface area contributed by atoms with Crippen LogP contribution in [0.1, 0.15) is 14.3 Å². The number of nitrogens with zero attached hydrogens (tertiary/aromatic N) is 6. The van der Waals surface area contributed by atoms with Gasteiger partial charge >= 0.3 is 0 Å². The third-order valence-corrected chi connectivity index (χ3v) is 6.09. The normalized spacial score (nSPS) is 14.6. The highest BCUT2D eigenvalue weighted by Gasteiger charge is 2.22. The SMILES string of the molecule is [2H]C([2H])(O)[C@@H](Nc1nc(Nc2ccc3c(=O)n4n(c3c2F)CC=CC4)ncc1-c1nnco1)c1ccc(F)cc1. The predicted molar refractivity (Wildman–Crippen MR) is 134 cm³/mol. The van der Waals surface area contributed by atoms with Crippen molar-refractivity contribution in [2.45, 2.75) is 19.1 Å². The fourth-order valence-electron chi connectivity index (χ4n) is 4.28. The second-order valence-electron chi connectivity index (χ2n) is 8.35. The molecule has 2 aromatic carbocycles. The second-order valence-corrected chi connectivity index (χ2v) is 8.35. The van der Waals surface area contributed by atoms with Crippen LogP contribution in [0.4, 0.5) is 26.2 Å². The first-order valence-corrected chi connectivity index (χ1v) is 11.4. The lowest BCUT2D eigenvalue weighted by molar-refractivity contribution is 0.276. The quantitative estimate of drug-likeness (QED) is 0.276. The van der Waals surface area contributed by atoms with Crippen LogP contribution in [0.2, 0.25) is 0 Å². The smallest absolute Gasteiger partial charge is 0.274 e. The minimum atomic E-state index is -2.82. The van der Waals surface area contributed by atoms with Gasteiger partial charge in [0.25, 0.3) is 11.4 Å². The number of nitrogens with one attached hydrogen (secondary N) is 2. The summed E-state index contributed by atoms with van der Waals surface area (Å²) >= 11 is 0. The molecule has 0 saturated carbocycles. The molecule has 0 bridgehead atoms. The standard InChI is InChI=1S/C25H20F2N8O3/c26-15-5-3-14(4-6-15)19(12-36)30-22-17(23-33-29-13-38-23)11-28-25(32-22)31-18-8-7-16-21(20(18)27)34-9-1-2-10-35(34)24(16)37/h1-8,11,13,19,36H,9-10,12H2,(H2,28,30,31,32)/t19-/m1/s1/i12D2. The Morgan fingerprint density at radius 3 is 2.66 bits per heavy atom. The molecule has 0 amide bonds. The summed E-state index contributed by atoms with van der Waals surface area (Å²) in [5.74, 6) is -1.37. The number of aromatic nitrogens is 6. The fourth-order valence-corrected chi connectivity index (χ4v) is 4.28. The van der Waals surface area contributed by atoms with Gasteiger partial charge in [-0.1, -0.05) is 24.3 Å². The van der Waals surface area contributed by atoms with Gasteiger partial charge in [-0.2, -0.15) is 4.98 Å². The zero-order valence-electron chi connectivity index (χ0n) is 21.5. The Morgan fingerprint density at radius 1 is 1.13 bits per heavy atom. The topological polar surface area (TPSA) is 136 Å². The largest absolute Gasteiger partial charge is 0.423 e. The second kappa shape index (κ2) is 9.52. The molecule has 1 aliphatic rings. The van der Waals surface area contributed by atoms with Crippen LogP contribution in [-0.4, -0.2) is 41.2 Å². The number of hydrogen-bond acceptors (Lipinski definition) is 9. The Morgan fingerprint density at radius 2 is 1.92 bits per heavy atom. The summed E-state index contributed by atoms with van der Waals surface area (Å²) in [6.07, 6.45) is 6.05. The Bertz CT molecular complexity index is 1800. The first-order valence-electron chi connectivity index (χ1n) is 12.4. The van der Waals surface area contributed by atoms with Crippen LogP contribution in [0.15, 0.2) is 70.4 Å². The molecule has 11 nitrogen and oxygen atoms in total. The molecule has 5 aromatic rings. The molecular formula is C25H20F2N8O3. The first kappa shape index (κ1) is 21.2. The molecule has 0 radical (unpaired) electrons. The van der Waals surface area contributed by atoms with Gasteiger partial charge in [0.2, 0.25) is 12.3 Å². The van der Waals surface area contributed by atoms with Gasteiger partial charge in [0.05, 0.1) is 45.1 Å². The van der Waals surface area contributed by atoms with Crippen molar-refractivity contribution in [3.63, 3.8) is 0 Å². The first-order chi connectivity index (χ1) is 19.2. The monoisotopic (exact) mass is 520 g/mol. The minimum absolute atomic E-state index is 0.00739. The summed E-state index contributed by atoms with van der Waals surface area (Å²) in [4.78, 5) is 21.3. The molecular weight excluding hydrogens is 498 g/mol. The molecule has 6 rings (SSSR count). The summed E-state index contributed by atoms with van der Waals surface area (Å²) in [5, 5.41) is 23.6. The summed E-state index contributed by atoms with van der Waals surface area (Å²) < 4.78 is 53.4. The lowest BCUT2D eigenvalue weighted by atomic mass is 10.1. The van der Waals surface area contributed by atoms with Crippen molar-refractivity contribution in [1.29, 1.82) is 0 Å². The Kier molecular flexibility index (Phi) is 5.31. The minimum Gasteiger partial charge on any atom is -0.423 e. The van der Waals surface area contributed by atoms with Crippen LogP contribution >= 0.6 is 0 Å². The number of hydrogen-bond donors (Lipinski definition) is 3. The molecule has 13 heteroatoms. The van der Waals surface area contributed by atoms with Gasteiger partial charge in [-0.25, -0.2) is 18.4 Å². The van der Waals surface area contributed by atoms with E-state index in [9.17, 15) is 14.3 Å². The Hall–Kier alpha value is -4.91. The van der Waals surface area contributed by atoms with E-state index in [2.05, 4.69) is 30.8 Å². The highest BCUT2D eigenvalue weighted by molar-refractivity contribution is 5.84. The molecule has 0 aliphatic carbocycles. The van der Waals surface area contributed by atoms with Crippen molar-refractivity contribution in [3.8, 4) is 11.5 Å². The predicted octanol–water partition coefficient (Wildman–Crippen LogP) is 3.38. The molecule has 3 aromatic heterocycles. The van der Waals surface area contributed by atoms with Gasteiger partial charge in [0.15, 0.2) is 5.82 Å². The Balaban J connectivity index is 1.41. The molecule has 192 valence electrons. The number of fused-ring (bicyclic) bond motifs is 3. The molecule has 4 heterocycles. The van der Waals surface area contributed by atoms with Crippen LogP contribution in [-0.2, 0) is 13.1 Å². The molecule has 38 heavy (non-hydrogen) atoms. The van der Waals surface area contributed by atoms with Crippen LogP contribution in [0.5, 0.6) is 0 Å². The van der Waals surface area contributed by atoms with Crippen molar-refractivity contribution in [1.82, 2.24) is 29.5 Å². The van der Waals surface area contributed by atoms with Gasteiger partial charge < -0.3 is 20.2 Å². The van der Waals surface area contributed by atoms with Crippen molar-refractivity contribution in [3.05, 3.63) is 88.7 Å². The van der Waals surface area contributed by atoms with E-state index in [1.807, 2.05) is 12.2 Å². The third kappa shape index (κ3) is 4.08. The molecule has 1 aliphatic heterocycles. The molecule has 3 N–H and O–H groups in total. The van der Waals surface area contributed by atoms with E-state index >= 15 is 4.39 Å². The van der Waals surface area contributed by atoms with Crippen LogP contribution < -0.4 is 16.2 Å². The van der Waals surface area contributed by atoms with Crippen LogP contribution in [0.25, 0.3) is 22.4 Å². The number of aliphatic hydroxyl groups is 1. The maximum absolute atomic E-state index is 15.7. The number of anilines is 3. The number of halogens is 2. The van der Waals surface area contributed by atoms with Gasteiger partial charge in [0, 0.05) is 6.20 Å². The molecule has 0 unspecified atom stereocenters. The summed E-state index contributed by atoms with van der Waals surface area (Å²) in [6.45, 7) is -2.16. The van der Waals surface area contributed by atoms with E-state index in [1.54, 1.807) is 4.68 Å². The van der Waals surface area contributed by atoms with Gasteiger partial charge in [-0.15, -0.1) is 10.2 Å². The van der Waals surface area contributed by atoms with E-state index < -0.39 is 24.2 Å². The van der Waals surface area contributed by atoms with Crippen molar-refractivity contribution in [2.24, 2.45) is 0 Å². The van der Waals surface area contributed by atoms with Crippen LogP contribution in [0, 0.1) is 11.6 Å². The number of rotatable bonds is 7. The average Bonchev–Trinajstić information content (AvgIpc) is 3.57. The summed E-state index contributed by atoms with van der Waals surface area (Å²) in [5.41, 5.74) is 0.196. The highest BCUT2D eigenvalue weighted by Crippen LogP contribution is 2.31. The summed E-state index contributed by atoms with van der Waals surface area (Å²) in [7, 11) is 0. The average molecular weight is 520 g/mol. The zero-order chi connectivity index (χ0) is 28.0. The molecule has 0 spiro atoms.